The van der Waals surface area contributed by atoms with E-state index in [0.29, 0.717) is 5.92 Å². The first-order valence-electron chi connectivity index (χ1n) is 10.3. The van der Waals surface area contributed by atoms with Crippen molar-refractivity contribution in [3.8, 4) is 0 Å². The van der Waals surface area contributed by atoms with Crippen LogP contribution in [0.1, 0.15) is 30.4 Å². The molecule has 3 nitrogen and oxygen atoms in total. The first-order chi connectivity index (χ1) is 13.7. The van der Waals surface area contributed by atoms with Crippen molar-refractivity contribution in [1.29, 1.82) is 0 Å². The van der Waals surface area contributed by atoms with Crippen LogP contribution in [0.15, 0.2) is 63.7 Å². The normalized spacial score (nSPS) is 17.2. The molecule has 2 aromatic carbocycles. The van der Waals surface area contributed by atoms with Crippen LogP contribution >= 0.6 is 15.9 Å². The maximum Gasteiger partial charge on any atom is 0.134 e. The third-order valence-corrected chi connectivity index (χ3v) is 6.40. The van der Waals surface area contributed by atoms with E-state index in [1.807, 2.05) is 18.4 Å². The van der Waals surface area contributed by atoms with Gasteiger partial charge in [-0.15, -0.1) is 0 Å². The Morgan fingerprint density at radius 1 is 1.00 bits per heavy atom. The lowest BCUT2D eigenvalue weighted by molar-refractivity contribution is 0.127. The van der Waals surface area contributed by atoms with E-state index in [9.17, 15) is 0 Å². The van der Waals surface area contributed by atoms with E-state index >= 15 is 0 Å². The van der Waals surface area contributed by atoms with Gasteiger partial charge in [-0.1, -0.05) is 53.2 Å². The summed E-state index contributed by atoms with van der Waals surface area (Å²) < 4.78 is 6.81. The van der Waals surface area contributed by atoms with Crippen LogP contribution in [0.4, 0.5) is 0 Å². The second-order valence-electron chi connectivity index (χ2n) is 7.96. The molecule has 1 unspecified atom stereocenters. The Hall–Kier alpha value is -1.62. The molecule has 0 radical (unpaired) electrons. The van der Waals surface area contributed by atoms with Crippen LogP contribution in [0.2, 0.25) is 0 Å². The molecule has 0 aliphatic carbocycles. The highest BCUT2D eigenvalue weighted by Crippen LogP contribution is 2.26. The number of aryl methyl sites for hydroxylation is 1. The Bertz CT molecular complexity index is 884. The standard InChI is InChI=1S/C24H29BrN2O/c1-19(20-6-3-2-4-7-20)17-27-14-12-26(13-15-27)11-5-8-21-18-28-24-10-9-22(25)16-23(21)24/h2-4,6-7,9-10,16,18-19H,5,8,11-15,17H2,1H3. The lowest BCUT2D eigenvalue weighted by Crippen LogP contribution is -2.47. The maximum absolute atomic E-state index is 5.69. The summed E-state index contributed by atoms with van der Waals surface area (Å²) in [6.07, 6.45) is 4.19. The predicted octanol–water partition coefficient (Wildman–Crippen LogP) is 5.55. The van der Waals surface area contributed by atoms with Crippen molar-refractivity contribution in [2.24, 2.45) is 0 Å². The zero-order valence-corrected chi connectivity index (χ0v) is 18.2. The molecule has 1 aromatic heterocycles. The number of hydrogen-bond acceptors (Lipinski definition) is 3. The number of piperazine rings is 1. The Labute approximate surface area is 176 Å². The van der Waals surface area contributed by atoms with Crippen molar-refractivity contribution in [3.63, 3.8) is 0 Å². The highest BCUT2D eigenvalue weighted by atomic mass is 79.9. The fourth-order valence-corrected chi connectivity index (χ4v) is 4.57. The van der Waals surface area contributed by atoms with E-state index < -0.39 is 0 Å². The fraction of sp³-hybridized carbons (Fsp3) is 0.417. The molecule has 1 saturated heterocycles. The number of nitrogens with zero attached hydrogens (tertiary/aromatic N) is 2. The van der Waals surface area contributed by atoms with Crippen LogP contribution in [-0.4, -0.2) is 49.1 Å². The molecule has 2 heterocycles. The summed E-state index contributed by atoms with van der Waals surface area (Å²) in [5.74, 6) is 0.599. The molecule has 0 saturated carbocycles. The SMILES string of the molecule is CC(CN1CCN(CCCc2coc3ccc(Br)cc23)CC1)c1ccccc1. The maximum atomic E-state index is 5.69. The van der Waals surface area contributed by atoms with Gasteiger partial charge in [0.25, 0.3) is 0 Å². The largest absolute Gasteiger partial charge is 0.464 e. The van der Waals surface area contributed by atoms with Gasteiger partial charge in [0.15, 0.2) is 0 Å². The van der Waals surface area contributed by atoms with Crippen LogP contribution in [0.25, 0.3) is 11.0 Å². The number of rotatable bonds is 7. The van der Waals surface area contributed by atoms with Gasteiger partial charge in [0.2, 0.25) is 0 Å². The molecular weight excluding hydrogens is 412 g/mol. The molecule has 4 heteroatoms. The van der Waals surface area contributed by atoms with Crippen molar-refractivity contribution < 1.29 is 4.42 Å². The van der Waals surface area contributed by atoms with E-state index in [1.165, 1.54) is 55.7 Å². The van der Waals surface area contributed by atoms with Crippen LogP contribution in [-0.2, 0) is 6.42 Å². The lowest BCUT2D eigenvalue weighted by atomic mass is 10.0. The summed E-state index contributed by atoms with van der Waals surface area (Å²) in [4.78, 5) is 5.23. The zero-order valence-electron chi connectivity index (χ0n) is 16.6. The monoisotopic (exact) mass is 440 g/mol. The highest BCUT2D eigenvalue weighted by Gasteiger charge is 2.19. The first-order valence-corrected chi connectivity index (χ1v) is 11.1. The van der Waals surface area contributed by atoms with Crippen molar-refractivity contribution in [2.45, 2.75) is 25.7 Å². The van der Waals surface area contributed by atoms with E-state index in [0.717, 1.165) is 23.0 Å². The quantitative estimate of drug-likeness (QED) is 0.480. The summed E-state index contributed by atoms with van der Waals surface area (Å²) in [6, 6.07) is 17.1. The Kier molecular flexibility index (Phi) is 6.50. The predicted molar refractivity (Wildman–Crippen MR) is 120 cm³/mol. The summed E-state index contributed by atoms with van der Waals surface area (Å²) in [5, 5.41) is 1.24. The molecule has 148 valence electrons. The molecule has 28 heavy (non-hydrogen) atoms. The molecule has 1 atom stereocenters. The highest BCUT2D eigenvalue weighted by molar-refractivity contribution is 9.10. The first kappa shape index (κ1) is 19.7. The van der Waals surface area contributed by atoms with Gasteiger partial charge in [-0.05, 0) is 54.6 Å². The Morgan fingerprint density at radius 2 is 1.75 bits per heavy atom. The second kappa shape index (κ2) is 9.25. The van der Waals surface area contributed by atoms with E-state index in [2.05, 4.69) is 69.1 Å². The molecule has 1 aliphatic heterocycles. The minimum Gasteiger partial charge on any atom is -0.464 e. The number of hydrogen-bond donors (Lipinski definition) is 0. The Balaban J connectivity index is 1.21. The number of halogens is 1. The van der Waals surface area contributed by atoms with Gasteiger partial charge in [0.05, 0.1) is 6.26 Å². The van der Waals surface area contributed by atoms with Gasteiger partial charge >= 0.3 is 0 Å². The topological polar surface area (TPSA) is 19.6 Å². The van der Waals surface area contributed by atoms with Crippen molar-refractivity contribution in [1.82, 2.24) is 9.80 Å². The van der Waals surface area contributed by atoms with Gasteiger partial charge < -0.3 is 14.2 Å². The van der Waals surface area contributed by atoms with Gasteiger partial charge in [0.1, 0.15) is 5.58 Å². The van der Waals surface area contributed by atoms with Crippen LogP contribution in [0, 0.1) is 0 Å². The smallest absolute Gasteiger partial charge is 0.134 e. The molecule has 0 spiro atoms. The van der Waals surface area contributed by atoms with Gasteiger partial charge in [-0.3, -0.25) is 0 Å². The number of benzene rings is 2. The molecular formula is C24H29BrN2O. The molecule has 1 fully saturated rings. The number of furan rings is 1. The van der Waals surface area contributed by atoms with Gasteiger partial charge in [0, 0.05) is 42.6 Å². The summed E-state index contributed by atoms with van der Waals surface area (Å²) >= 11 is 3.56. The van der Waals surface area contributed by atoms with E-state index in [-0.39, 0.29) is 0 Å². The van der Waals surface area contributed by atoms with Crippen molar-refractivity contribution in [3.05, 3.63) is 70.4 Å². The van der Waals surface area contributed by atoms with E-state index in [1.54, 1.807) is 0 Å². The third kappa shape index (κ3) is 4.86. The fourth-order valence-electron chi connectivity index (χ4n) is 4.21. The Morgan fingerprint density at radius 3 is 2.54 bits per heavy atom. The molecule has 0 bridgehead atoms. The average molecular weight is 441 g/mol. The van der Waals surface area contributed by atoms with Gasteiger partial charge in [-0.25, -0.2) is 0 Å². The minimum atomic E-state index is 0.599. The van der Waals surface area contributed by atoms with Crippen molar-refractivity contribution >= 4 is 26.9 Å². The van der Waals surface area contributed by atoms with E-state index in [4.69, 9.17) is 4.42 Å². The summed E-state index contributed by atoms with van der Waals surface area (Å²) in [7, 11) is 0. The molecule has 0 N–H and O–H groups in total. The minimum absolute atomic E-state index is 0.599. The molecule has 4 rings (SSSR count). The number of fused-ring (bicyclic) bond motifs is 1. The van der Waals surface area contributed by atoms with Crippen LogP contribution in [0.3, 0.4) is 0 Å². The average Bonchev–Trinajstić information content (AvgIpc) is 3.12. The van der Waals surface area contributed by atoms with Crippen LogP contribution < -0.4 is 0 Å². The van der Waals surface area contributed by atoms with Crippen LogP contribution in [0.5, 0.6) is 0 Å². The summed E-state index contributed by atoms with van der Waals surface area (Å²) in [6.45, 7) is 9.39. The summed E-state index contributed by atoms with van der Waals surface area (Å²) in [5.41, 5.74) is 3.76. The molecule has 1 aliphatic rings. The molecule has 3 aromatic rings. The zero-order chi connectivity index (χ0) is 19.3. The van der Waals surface area contributed by atoms with Crippen molar-refractivity contribution in [2.75, 3.05) is 39.3 Å². The second-order valence-corrected chi connectivity index (χ2v) is 8.87. The van der Waals surface area contributed by atoms with Gasteiger partial charge in [-0.2, -0.15) is 0 Å². The molecule has 0 amide bonds. The lowest BCUT2D eigenvalue weighted by Gasteiger charge is -2.36. The third-order valence-electron chi connectivity index (χ3n) is 5.90.